The summed E-state index contributed by atoms with van der Waals surface area (Å²) in [7, 11) is 1.99. The molecule has 4 N–H and O–H groups in total. The summed E-state index contributed by atoms with van der Waals surface area (Å²) in [5.74, 6) is -1.73. The standard InChI is InChI=1S/C13H15N.C12H14N2O4S.3Na/c1-10(14-2)12-9-5-7-11-6-3-4-8-13(11)12;15-7-9-4-2-1-3-8(9)5-13-11(17)12(18)14-6-10(16)19;;;/h3-10,14H,1-2H3;1-4,7,10,16,19H,5-6H2,(H,13,17)(H,14,18);;;/q;;3*+1/p-1. The van der Waals surface area contributed by atoms with Crippen molar-refractivity contribution in [2.75, 3.05) is 13.6 Å². The Hall–Kier alpha value is -0.200. The predicted molar refractivity (Wildman–Crippen MR) is 131 cm³/mol. The van der Waals surface area contributed by atoms with Gasteiger partial charge < -0.3 is 33.7 Å². The van der Waals surface area contributed by atoms with Crippen LogP contribution in [-0.4, -0.2) is 42.2 Å². The second-order valence-corrected chi connectivity index (χ2v) is 7.79. The van der Waals surface area contributed by atoms with Gasteiger partial charge in [0.1, 0.15) is 6.29 Å². The molecule has 36 heavy (non-hydrogen) atoms. The van der Waals surface area contributed by atoms with Gasteiger partial charge >= 0.3 is 100 Å². The minimum absolute atomic E-state index is 0. The van der Waals surface area contributed by atoms with E-state index in [1.807, 2.05) is 7.05 Å². The molecule has 0 saturated heterocycles. The minimum Gasteiger partial charge on any atom is -0.760 e. The van der Waals surface area contributed by atoms with Gasteiger partial charge in [-0.2, -0.15) is 0 Å². The molecule has 0 bridgehead atoms. The van der Waals surface area contributed by atoms with Crippen LogP contribution in [0.1, 0.15) is 34.5 Å². The molecule has 2 unspecified atom stereocenters. The molecule has 3 aromatic carbocycles. The largest absolute Gasteiger partial charge is 1.00 e. The van der Waals surface area contributed by atoms with Gasteiger partial charge in [-0.05, 0) is 41.3 Å². The zero-order valence-corrected chi connectivity index (χ0v) is 28.4. The zero-order valence-electron chi connectivity index (χ0n) is 21.6. The van der Waals surface area contributed by atoms with Crippen LogP contribution in [0.4, 0.5) is 0 Å². The van der Waals surface area contributed by atoms with Crippen molar-refractivity contribution in [2.45, 2.75) is 24.9 Å². The van der Waals surface area contributed by atoms with Crippen LogP contribution in [0.2, 0.25) is 0 Å². The second kappa shape index (κ2) is 20.7. The van der Waals surface area contributed by atoms with Crippen molar-refractivity contribution in [3.05, 3.63) is 83.4 Å². The van der Waals surface area contributed by atoms with E-state index in [1.165, 1.54) is 16.3 Å². The number of carbonyl (C=O) groups excluding carboxylic acids is 3. The van der Waals surface area contributed by atoms with Crippen LogP contribution in [-0.2, 0) is 28.8 Å². The fourth-order valence-corrected chi connectivity index (χ4v) is 3.19. The molecule has 0 saturated carbocycles. The van der Waals surface area contributed by atoms with E-state index in [0.29, 0.717) is 23.5 Å². The molecule has 7 nitrogen and oxygen atoms in total. The van der Waals surface area contributed by atoms with Crippen LogP contribution < -0.4 is 105 Å². The van der Waals surface area contributed by atoms with Gasteiger partial charge in [-0.1, -0.05) is 66.7 Å². The predicted octanol–water partition coefficient (Wildman–Crippen LogP) is -6.77. The molecule has 0 heterocycles. The first-order valence-electron chi connectivity index (χ1n) is 10.4. The molecule has 0 spiro atoms. The molecule has 0 aliphatic heterocycles. The third-order valence-corrected chi connectivity index (χ3v) is 5.15. The molecule has 11 heteroatoms. The number of fused-ring (bicyclic) bond motifs is 1. The number of aliphatic hydroxyl groups is 1. The maximum Gasteiger partial charge on any atom is 1.00 e. The average molecular weight is 536 g/mol. The van der Waals surface area contributed by atoms with Crippen LogP contribution in [0.5, 0.6) is 0 Å². The minimum atomic E-state index is -1.13. The first-order valence-corrected chi connectivity index (χ1v) is 10.9. The summed E-state index contributed by atoms with van der Waals surface area (Å²) >= 11 is 4.43. The summed E-state index contributed by atoms with van der Waals surface area (Å²) < 4.78 is 0. The van der Waals surface area contributed by atoms with E-state index in [4.69, 9.17) is 5.11 Å². The van der Waals surface area contributed by atoms with E-state index in [1.54, 1.807) is 24.3 Å². The Labute approximate surface area is 284 Å². The molecule has 0 aromatic heterocycles. The van der Waals surface area contributed by atoms with Gasteiger partial charge in [0.2, 0.25) is 0 Å². The maximum atomic E-state index is 11.4. The van der Waals surface area contributed by atoms with E-state index in [9.17, 15) is 14.4 Å². The number of amides is 2. The summed E-state index contributed by atoms with van der Waals surface area (Å²) in [5.41, 5.74) is 1.30. The van der Waals surface area contributed by atoms with Gasteiger partial charge in [0.15, 0.2) is 0 Å². The number of hydrogen-bond donors (Lipinski definition) is 4. The summed E-state index contributed by atoms with van der Waals surface area (Å²) in [5, 5.41) is 19.3. The topological polar surface area (TPSA) is 108 Å². The average Bonchev–Trinajstić information content (AvgIpc) is 2.85. The number of hydrogen-bond acceptors (Lipinski definition) is 6. The zero-order chi connectivity index (χ0) is 24.2. The van der Waals surface area contributed by atoms with Crippen LogP contribution in [0.3, 0.4) is 0 Å². The van der Waals surface area contributed by atoms with Crippen molar-refractivity contribution in [1.82, 2.24) is 16.0 Å². The molecule has 0 radical (unpaired) electrons. The number of aldehydes is 1. The smallest absolute Gasteiger partial charge is 0.760 e. The molecule has 0 aliphatic rings. The Bertz CT molecular complexity index is 1100. The van der Waals surface area contributed by atoms with E-state index < -0.39 is 17.3 Å². The monoisotopic (exact) mass is 535 g/mol. The van der Waals surface area contributed by atoms with Gasteiger partial charge in [0, 0.05) is 24.7 Å². The number of aliphatic hydroxyl groups excluding tert-OH is 1. The van der Waals surface area contributed by atoms with E-state index in [2.05, 4.69) is 78.0 Å². The van der Waals surface area contributed by atoms with Crippen LogP contribution >= 0.6 is 0 Å². The fraction of sp³-hybridized carbons (Fsp3) is 0.240. The van der Waals surface area contributed by atoms with E-state index in [0.717, 1.165) is 0 Å². The Kier molecular flexibility index (Phi) is 21.8. The van der Waals surface area contributed by atoms with Crippen molar-refractivity contribution < 1.29 is 108 Å². The quantitative estimate of drug-likeness (QED) is 0.104. The van der Waals surface area contributed by atoms with Crippen LogP contribution in [0, 0.1) is 0 Å². The second-order valence-electron chi connectivity index (χ2n) is 7.24. The molecule has 2 atom stereocenters. The number of rotatable bonds is 7. The van der Waals surface area contributed by atoms with Crippen LogP contribution in [0.15, 0.2) is 66.7 Å². The Morgan fingerprint density at radius 3 is 2.14 bits per heavy atom. The molecule has 3 aromatic rings. The Morgan fingerprint density at radius 2 is 1.50 bits per heavy atom. The molecule has 174 valence electrons. The van der Waals surface area contributed by atoms with Gasteiger partial charge in [-0.3, -0.25) is 14.4 Å². The molecule has 2 amide bonds. The summed E-state index contributed by atoms with van der Waals surface area (Å²) in [6.45, 7) is 2.08. The normalized spacial score (nSPS) is 11.1. The van der Waals surface area contributed by atoms with Crippen molar-refractivity contribution >= 4 is 41.5 Å². The van der Waals surface area contributed by atoms with Crippen molar-refractivity contribution in [3.8, 4) is 0 Å². The summed E-state index contributed by atoms with van der Waals surface area (Å²) in [6.07, 6.45) is 0.676. The molecule has 0 fully saturated rings. The molecular weight excluding hydrogens is 507 g/mol. The summed E-state index contributed by atoms with van der Waals surface area (Å²) in [6, 6.07) is 22.1. The number of carbonyl (C=O) groups is 3. The summed E-state index contributed by atoms with van der Waals surface area (Å²) in [4.78, 5) is 33.4. The van der Waals surface area contributed by atoms with Crippen molar-refractivity contribution in [1.29, 1.82) is 0 Å². The SMILES string of the molecule is CNC(C)c1cccc2ccccc12.O=Cc1ccccc1CNC(=O)C(=O)NCC(O)[S-].[Na+].[Na+].[Na+]. The Balaban J connectivity index is 0. The van der Waals surface area contributed by atoms with Gasteiger partial charge in [-0.25, -0.2) is 0 Å². The molecular formula is C25H28N3Na3O4S+2. The van der Waals surface area contributed by atoms with Gasteiger partial charge in [0.25, 0.3) is 0 Å². The number of nitrogens with one attached hydrogen (secondary N) is 3. The fourth-order valence-electron chi connectivity index (χ4n) is 3.11. The maximum absolute atomic E-state index is 11.4. The first kappa shape index (κ1) is 37.9. The van der Waals surface area contributed by atoms with Crippen molar-refractivity contribution in [3.63, 3.8) is 0 Å². The number of benzene rings is 3. The van der Waals surface area contributed by atoms with E-state index in [-0.39, 0.29) is 102 Å². The third kappa shape index (κ3) is 12.6. The van der Waals surface area contributed by atoms with Crippen LogP contribution in [0.25, 0.3) is 10.8 Å². The molecule has 0 aliphatic carbocycles. The first-order chi connectivity index (χ1) is 15.9. The van der Waals surface area contributed by atoms with E-state index >= 15 is 0 Å². The third-order valence-electron chi connectivity index (χ3n) is 4.99. The van der Waals surface area contributed by atoms with Crippen molar-refractivity contribution in [2.24, 2.45) is 0 Å². The molecule has 3 rings (SSSR count). The Morgan fingerprint density at radius 1 is 0.917 bits per heavy atom. The van der Waals surface area contributed by atoms with Gasteiger partial charge in [-0.15, -0.1) is 0 Å². The van der Waals surface area contributed by atoms with Gasteiger partial charge in [0.05, 0.1) is 0 Å².